The number of piperazine rings is 1. The van der Waals surface area contributed by atoms with Gasteiger partial charge in [-0.2, -0.15) is 5.26 Å². The first-order chi connectivity index (χ1) is 17.9. The lowest BCUT2D eigenvalue weighted by molar-refractivity contribution is 0.0777. The number of amides is 1. The van der Waals surface area contributed by atoms with Crippen molar-refractivity contribution in [3.63, 3.8) is 0 Å². The molecule has 1 aliphatic heterocycles. The lowest BCUT2D eigenvalue weighted by atomic mass is 10.1. The van der Waals surface area contributed by atoms with Crippen molar-refractivity contribution in [2.75, 3.05) is 44.8 Å². The Hall–Kier alpha value is -4.29. The number of ether oxygens (including phenoxy) is 3. The maximum absolute atomic E-state index is 12.8. The number of anilines is 1. The Bertz CT molecular complexity index is 1310. The molecule has 2 heterocycles. The minimum Gasteiger partial charge on any atom is -0.493 e. The highest BCUT2D eigenvalue weighted by Crippen LogP contribution is 2.37. The number of aromatic nitrogens is 1. The van der Waals surface area contributed by atoms with Crippen molar-refractivity contribution < 1.29 is 19.0 Å². The number of methoxy groups -OCH3 is 1. The van der Waals surface area contributed by atoms with E-state index in [9.17, 15) is 10.1 Å². The van der Waals surface area contributed by atoms with Crippen LogP contribution >= 0.6 is 0 Å². The summed E-state index contributed by atoms with van der Waals surface area (Å²) in [5.74, 6) is 1.68. The van der Waals surface area contributed by atoms with Crippen LogP contribution in [0, 0.1) is 11.3 Å². The summed E-state index contributed by atoms with van der Waals surface area (Å²) in [6.45, 7) is 10.4. The van der Waals surface area contributed by atoms with Gasteiger partial charge in [0.05, 0.1) is 30.0 Å². The fourth-order valence-electron chi connectivity index (χ4n) is 4.24. The smallest absolute Gasteiger partial charge is 0.265 e. The Morgan fingerprint density at radius 2 is 1.92 bits per heavy atom. The second kappa shape index (κ2) is 11.6. The van der Waals surface area contributed by atoms with Gasteiger partial charge in [-0.25, -0.2) is 5.01 Å². The Balaban J connectivity index is 1.48. The summed E-state index contributed by atoms with van der Waals surface area (Å²) in [6.07, 6.45) is 3.32. The van der Waals surface area contributed by atoms with Gasteiger partial charge in [0.2, 0.25) is 0 Å². The Morgan fingerprint density at radius 1 is 1.19 bits per heavy atom. The maximum atomic E-state index is 12.8. The molecule has 1 amide bonds. The molecule has 3 aromatic rings. The molecule has 0 spiro atoms. The fourth-order valence-corrected chi connectivity index (χ4v) is 4.24. The first-order valence-electron chi connectivity index (χ1n) is 12.2. The fraction of sp³-hybridized carbons (Fsp3) is 0.321. The van der Waals surface area contributed by atoms with E-state index in [4.69, 9.17) is 14.2 Å². The molecule has 2 aromatic carbocycles. The van der Waals surface area contributed by atoms with E-state index in [2.05, 4.69) is 28.0 Å². The van der Waals surface area contributed by atoms with Crippen LogP contribution in [-0.2, 0) is 0 Å². The van der Waals surface area contributed by atoms with Gasteiger partial charge >= 0.3 is 0 Å². The molecule has 1 fully saturated rings. The number of carbonyl (C=O) groups is 1. The number of nitrogens with one attached hydrogen (secondary N) is 1. The Kier molecular flexibility index (Phi) is 8.11. The van der Waals surface area contributed by atoms with E-state index >= 15 is 0 Å². The van der Waals surface area contributed by atoms with Gasteiger partial charge in [0.25, 0.3) is 5.91 Å². The standard InChI is InChI=1S/C28H31N5O4/c1-5-14-36-26-16-24-23(15-25(26)35-4)27(21(17-29)18-30-24)32-10-12-33(13-11-32)31-28(34)20-6-8-22(9-7-20)37-19(2)3/h5-9,15-16,18-19H,1,10-14H2,2-4H3,(H,31,34). The molecule has 0 bridgehead atoms. The molecule has 0 atom stereocenters. The summed E-state index contributed by atoms with van der Waals surface area (Å²) in [4.78, 5) is 19.4. The third kappa shape index (κ3) is 5.93. The van der Waals surface area contributed by atoms with Crippen molar-refractivity contribution in [2.45, 2.75) is 20.0 Å². The molecule has 9 nitrogen and oxygen atoms in total. The van der Waals surface area contributed by atoms with Gasteiger partial charge in [-0.1, -0.05) is 12.7 Å². The number of nitrogens with zero attached hydrogens (tertiary/aromatic N) is 4. The molecule has 1 aromatic heterocycles. The SMILES string of the molecule is C=CCOc1cc2ncc(C#N)c(N3CCN(NC(=O)c4ccc(OC(C)C)cc4)CC3)c2cc1OC. The topological polar surface area (TPSA) is 100.0 Å². The maximum Gasteiger partial charge on any atom is 0.265 e. The lowest BCUT2D eigenvalue weighted by Gasteiger charge is -2.36. The summed E-state index contributed by atoms with van der Waals surface area (Å²) < 4.78 is 16.9. The molecule has 9 heteroatoms. The van der Waals surface area contributed by atoms with Crippen molar-refractivity contribution >= 4 is 22.5 Å². The van der Waals surface area contributed by atoms with Crippen LogP contribution in [0.5, 0.6) is 17.2 Å². The van der Waals surface area contributed by atoms with Gasteiger partial charge < -0.3 is 19.1 Å². The van der Waals surface area contributed by atoms with E-state index in [0.29, 0.717) is 60.9 Å². The van der Waals surface area contributed by atoms with E-state index in [1.54, 1.807) is 43.6 Å². The molecular weight excluding hydrogens is 470 g/mol. The van der Waals surface area contributed by atoms with E-state index in [1.165, 1.54) is 0 Å². The highest BCUT2D eigenvalue weighted by molar-refractivity contribution is 5.97. The Morgan fingerprint density at radius 3 is 2.54 bits per heavy atom. The van der Waals surface area contributed by atoms with Crippen molar-refractivity contribution in [1.82, 2.24) is 15.4 Å². The number of hydrogen-bond acceptors (Lipinski definition) is 8. The second-order valence-corrected chi connectivity index (χ2v) is 8.86. The van der Waals surface area contributed by atoms with Crippen LogP contribution in [0.3, 0.4) is 0 Å². The number of benzene rings is 2. The summed E-state index contributed by atoms with van der Waals surface area (Å²) in [6, 6.07) is 13.1. The van der Waals surface area contributed by atoms with Crippen molar-refractivity contribution in [1.29, 1.82) is 5.26 Å². The minimum atomic E-state index is -0.173. The van der Waals surface area contributed by atoms with Gasteiger partial charge in [0, 0.05) is 49.4 Å². The van der Waals surface area contributed by atoms with Gasteiger partial charge in [0.1, 0.15) is 18.4 Å². The van der Waals surface area contributed by atoms with E-state index in [1.807, 2.05) is 31.0 Å². The summed E-state index contributed by atoms with van der Waals surface area (Å²) >= 11 is 0. The molecule has 37 heavy (non-hydrogen) atoms. The van der Waals surface area contributed by atoms with Crippen LogP contribution in [0.2, 0.25) is 0 Å². The number of fused-ring (bicyclic) bond motifs is 1. The third-order valence-electron chi connectivity index (χ3n) is 5.95. The molecule has 192 valence electrons. The van der Waals surface area contributed by atoms with Gasteiger partial charge in [0.15, 0.2) is 11.5 Å². The highest BCUT2D eigenvalue weighted by atomic mass is 16.5. The van der Waals surface area contributed by atoms with Gasteiger partial charge in [-0.05, 0) is 44.2 Å². The number of hydrazine groups is 1. The molecule has 4 rings (SSSR count). The summed E-state index contributed by atoms with van der Waals surface area (Å²) in [5, 5.41) is 12.5. The monoisotopic (exact) mass is 501 g/mol. The van der Waals surface area contributed by atoms with Crippen molar-refractivity contribution in [3.05, 3.63) is 66.4 Å². The predicted molar refractivity (Wildman–Crippen MR) is 142 cm³/mol. The zero-order valence-corrected chi connectivity index (χ0v) is 21.4. The van der Waals surface area contributed by atoms with Crippen LogP contribution in [0.15, 0.2) is 55.3 Å². The third-order valence-corrected chi connectivity index (χ3v) is 5.95. The number of pyridine rings is 1. The molecule has 1 aliphatic rings. The van der Waals surface area contributed by atoms with Crippen LogP contribution < -0.4 is 24.5 Å². The van der Waals surface area contributed by atoms with E-state index in [-0.39, 0.29) is 12.0 Å². The van der Waals surface area contributed by atoms with Gasteiger partial charge in [-0.15, -0.1) is 0 Å². The summed E-state index contributed by atoms with van der Waals surface area (Å²) in [7, 11) is 1.58. The zero-order chi connectivity index (χ0) is 26.4. The number of hydrogen-bond donors (Lipinski definition) is 1. The van der Waals surface area contributed by atoms with Crippen molar-refractivity contribution in [2.24, 2.45) is 0 Å². The van der Waals surface area contributed by atoms with Crippen molar-refractivity contribution in [3.8, 4) is 23.3 Å². The largest absolute Gasteiger partial charge is 0.493 e. The van der Waals surface area contributed by atoms with E-state index < -0.39 is 0 Å². The molecule has 0 aliphatic carbocycles. The number of nitriles is 1. The second-order valence-electron chi connectivity index (χ2n) is 8.86. The average Bonchev–Trinajstić information content (AvgIpc) is 2.91. The zero-order valence-electron chi connectivity index (χ0n) is 21.4. The van der Waals surface area contributed by atoms with E-state index in [0.717, 1.165) is 16.8 Å². The van der Waals surface area contributed by atoms with Crippen LogP contribution in [-0.4, -0.2) is 61.9 Å². The normalized spacial score (nSPS) is 13.8. The van der Waals surface area contributed by atoms with Crippen LogP contribution in [0.4, 0.5) is 5.69 Å². The minimum absolute atomic E-state index is 0.0729. The first-order valence-corrected chi connectivity index (χ1v) is 12.2. The highest BCUT2D eigenvalue weighted by Gasteiger charge is 2.24. The molecular formula is C28H31N5O4. The number of carbonyl (C=O) groups excluding carboxylic acids is 1. The first kappa shape index (κ1) is 25.8. The summed E-state index contributed by atoms with van der Waals surface area (Å²) in [5.41, 5.74) is 5.53. The predicted octanol–water partition coefficient (Wildman–Crippen LogP) is 3.93. The molecule has 1 N–H and O–H groups in total. The average molecular weight is 502 g/mol. The lowest BCUT2D eigenvalue weighted by Crippen LogP contribution is -2.53. The van der Waals surface area contributed by atoms with Crippen LogP contribution in [0.1, 0.15) is 29.8 Å². The quantitative estimate of drug-likeness (QED) is 0.440. The molecule has 0 radical (unpaired) electrons. The molecule has 0 saturated carbocycles. The number of rotatable bonds is 9. The molecule has 1 saturated heterocycles. The van der Waals surface area contributed by atoms with Crippen LogP contribution in [0.25, 0.3) is 10.9 Å². The Labute approximate surface area is 216 Å². The molecule has 0 unspecified atom stereocenters. The van der Waals surface area contributed by atoms with Gasteiger partial charge in [-0.3, -0.25) is 15.2 Å².